The Balaban J connectivity index is 1.88. The minimum atomic E-state index is -1.27. The summed E-state index contributed by atoms with van der Waals surface area (Å²) >= 11 is 0. The molecular weight excluding hydrogens is 487 g/mol. The third-order valence-corrected chi connectivity index (χ3v) is 5.81. The molecule has 3 rings (SSSR count). The molecule has 200 valence electrons. The number of halogens is 3. The van der Waals surface area contributed by atoms with Gasteiger partial charge in [0.1, 0.15) is 35.1 Å². The highest BCUT2D eigenvalue weighted by Gasteiger charge is 2.36. The van der Waals surface area contributed by atoms with Crippen LogP contribution in [0.1, 0.15) is 52.2 Å². The highest BCUT2D eigenvalue weighted by atomic mass is 19.1. The zero-order valence-electron chi connectivity index (χ0n) is 21.5. The van der Waals surface area contributed by atoms with Crippen LogP contribution in [0.2, 0.25) is 0 Å². The summed E-state index contributed by atoms with van der Waals surface area (Å²) in [6.07, 6.45) is -0.888. The Morgan fingerprint density at radius 2 is 1.78 bits per heavy atom. The van der Waals surface area contributed by atoms with E-state index >= 15 is 0 Å². The van der Waals surface area contributed by atoms with Crippen LogP contribution in [0, 0.1) is 17.5 Å². The van der Waals surface area contributed by atoms with E-state index in [1.165, 1.54) is 29.2 Å². The van der Waals surface area contributed by atoms with Gasteiger partial charge in [0.05, 0.1) is 5.69 Å². The lowest BCUT2D eigenvalue weighted by Gasteiger charge is -2.30. The molecule has 2 atom stereocenters. The van der Waals surface area contributed by atoms with Crippen LogP contribution in [0.15, 0.2) is 36.4 Å². The second-order valence-electron chi connectivity index (χ2n) is 10.3. The number of benzene rings is 2. The first-order valence-corrected chi connectivity index (χ1v) is 12.1. The first-order valence-electron chi connectivity index (χ1n) is 12.1. The van der Waals surface area contributed by atoms with E-state index in [9.17, 15) is 27.6 Å². The molecule has 2 N–H and O–H groups in total. The van der Waals surface area contributed by atoms with Gasteiger partial charge in [-0.05, 0) is 70.7 Å². The van der Waals surface area contributed by atoms with E-state index in [1.807, 2.05) is 0 Å². The summed E-state index contributed by atoms with van der Waals surface area (Å²) in [5, 5.41) is 5.09. The lowest BCUT2D eigenvalue weighted by atomic mass is 10.0. The number of ether oxygens (including phenoxy) is 1. The van der Waals surface area contributed by atoms with E-state index in [1.54, 1.807) is 40.7 Å². The number of fused-ring (bicyclic) bond motifs is 1. The maximum absolute atomic E-state index is 14.8. The molecule has 7 nitrogen and oxygen atoms in total. The van der Waals surface area contributed by atoms with Gasteiger partial charge in [0, 0.05) is 18.5 Å². The molecule has 2 aromatic rings. The van der Waals surface area contributed by atoms with Gasteiger partial charge in [-0.15, -0.1) is 0 Å². The molecule has 0 saturated heterocycles. The molecule has 10 heteroatoms. The van der Waals surface area contributed by atoms with Gasteiger partial charge in [0.15, 0.2) is 0 Å². The van der Waals surface area contributed by atoms with Crippen molar-refractivity contribution in [1.82, 2.24) is 10.6 Å². The van der Waals surface area contributed by atoms with Crippen LogP contribution >= 0.6 is 0 Å². The van der Waals surface area contributed by atoms with Crippen molar-refractivity contribution in [2.75, 3.05) is 4.90 Å². The summed E-state index contributed by atoms with van der Waals surface area (Å²) in [4.78, 5) is 40.5. The Hall–Kier alpha value is -3.56. The van der Waals surface area contributed by atoms with Crippen molar-refractivity contribution in [2.24, 2.45) is 0 Å². The number of anilines is 1. The number of nitrogens with one attached hydrogen (secondary N) is 2. The fourth-order valence-corrected chi connectivity index (χ4v) is 4.24. The molecule has 3 amide bonds. The van der Waals surface area contributed by atoms with Crippen molar-refractivity contribution in [3.05, 3.63) is 65.0 Å². The number of aryl methyl sites for hydroxylation is 1. The van der Waals surface area contributed by atoms with Crippen molar-refractivity contribution in [1.29, 1.82) is 0 Å². The first-order chi connectivity index (χ1) is 17.3. The molecule has 0 radical (unpaired) electrons. The van der Waals surface area contributed by atoms with Crippen LogP contribution in [-0.4, -0.2) is 41.6 Å². The Morgan fingerprint density at radius 1 is 1.11 bits per heavy atom. The Kier molecular flexibility index (Phi) is 8.50. The molecule has 0 aliphatic carbocycles. The lowest BCUT2D eigenvalue weighted by molar-refractivity contribution is -0.129. The molecule has 0 saturated carbocycles. The number of rotatable bonds is 6. The average Bonchev–Trinajstić information content (AvgIpc) is 2.90. The maximum atomic E-state index is 14.8. The van der Waals surface area contributed by atoms with Crippen molar-refractivity contribution < 1.29 is 32.3 Å². The quantitative estimate of drug-likeness (QED) is 0.592. The molecule has 1 aliphatic heterocycles. The number of alkyl carbamates (subject to hydrolysis) is 1. The van der Waals surface area contributed by atoms with Gasteiger partial charge < -0.3 is 20.3 Å². The second-order valence-corrected chi connectivity index (χ2v) is 10.3. The summed E-state index contributed by atoms with van der Waals surface area (Å²) in [5.74, 6) is -3.51. The monoisotopic (exact) mass is 519 g/mol. The van der Waals surface area contributed by atoms with Gasteiger partial charge in [0.25, 0.3) is 0 Å². The Labute approximate surface area is 214 Å². The first kappa shape index (κ1) is 28.0. The molecule has 37 heavy (non-hydrogen) atoms. The minimum absolute atomic E-state index is 0.0204. The summed E-state index contributed by atoms with van der Waals surface area (Å²) < 4.78 is 48.3. The maximum Gasteiger partial charge on any atom is 0.408 e. The SMILES string of the molecule is CC(C)N1C(=O)[C@@H](NC(=O)[C@@H](Cc2ccccc2F)NC(=O)OC(C)(C)C)CCc2cc(F)cc(F)c21. The van der Waals surface area contributed by atoms with Crippen molar-refractivity contribution in [2.45, 2.75) is 77.6 Å². The normalized spacial score (nSPS) is 16.6. The van der Waals surface area contributed by atoms with Crippen molar-refractivity contribution in [3.63, 3.8) is 0 Å². The zero-order chi connectivity index (χ0) is 27.5. The van der Waals surface area contributed by atoms with Crippen LogP contribution in [0.25, 0.3) is 0 Å². The molecule has 0 aromatic heterocycles. The van der Waals surface area contributed by atoms with E-state index in [2.05, 4.69) is 10.6 Å². The largest absolute Gasteiger partial charge is 0.444 e. The summed E-state index contributed by atoms with van der Waals surface area (Å²) in [6, 6.07) is 4.86. The number of carbonyl (C=O) groups excluding carboxylic acids is 3. The van der Waals surface area contributed by atoms with Crippen molar-refractivity contribution in [3.8, 4) is 0 Å². The smallest absolute Gasteiger partial charge is 0.408 e. The topological polar surface area (TPSA) is 87.7 Å². The third kappa shape index (κ3) is 7.02. The summed E-state index contributed by atoms with van der Waals surface area (Å²) in [5.41, 5.74) is -0.373. The van der Waals surface area contributed by atoms with Gasteiger partial charge in [0.2, 0.25) is 11.8 Å². The third-order valence-electron chi connectivity index (χ3n) is 5.81. The standard InChI is InChI=1S/C27H32F3N3O4/c1-15(2)33-23-17(12-18(28)14-20(23)30)10-11-21(25(33)35)31-24(34)22(32-26(36)37-27(3,4)5)13-16-8-6-7-9-19(16)29/h6-9,12,14-15,21-22H,10-11,13H2,1-5H3,(H,31,34)(H,32,36)/t21-,22+/m0/s1. The predicted octanol–water partition coefficient (Wildman–Crippen LogP) is 4.41. The van der Waals surface area contributed by atoms with E-state index in [4.69, 9.17) is 4.74 Å². The molecule has 1 aliphatic rings. The van der Waals surface area contributed by atoms with Gasteiger partial charge in [-0.1, -0.05) is 18.2 Å². The van der Waals surface area contributed by atoms with Gasteiger partial charge in [-0.25, -0.2) is 18.0 Å². The van der Waals surface area contributed by atoms with Gasteiger partial charge >= 0.3 is 6.09 Å². The van der Waals surface area contributed by atoms with Crippen LogP contribution in [-0.2, 0) is 27.2 Å². The Bertz CT molecular complexity index is 1180. The number of amides is 3. The number of carbonyl (C=O) groups is 3. The molecule has 0 fully saturated rings. The van der Waals surface area contributed by atoms with Gasteiger partial charge in [-0.2, -0.15) is 0 Å². The number of nitrogens with zero attached hydrogens (tertiary/aromatic N) is 1. The van der Waals surface area contributed by atoms with E-state index in [-0.39, 0.29) is 30.5 Å². The average molecular weight is 520 g/mol. The van der Waals surface area contributed by atoms with Crippen LogP contribution < -0.4 is 15.5 Å². The minimum Gasteiger partial charge on any atom is -0.444 e. The van der Waals surface area contributed by atoms with E-state index in [0.717, 1.165) is 6.07 Å². The molecular formula is C27H32F3N3O4. The number of hydrogen-bond acceptors (Lipinski definition) is 4. The van der Waals surface area contributed by atoms with Crippen LogP contribution in [0.4, 0.5) is 23.7 Å². The van der Waals surface area contributed by atoms with Crippen LogP contribution in [0.5, 0.6) is 0 Å². The van der Waals surface area contributed by atoms with Crippen LogP contribution in [0.3, 0.4) is 0 Å². The molecule has 2 aromatic carbocycles. The highest BCUT2D eigenvalue weighted by molar-refractivity contribution is 6.01. The zero-order valence-corrected chi connectivity index (χ0v) is 21.5. The molecule has 1 heterocycles. The fraction of sp³-hybridized carbons (Fsp3) is 0.444. The highest BCUT2D eigenvalue weighted by Crippen LogP contribution is 2.32. The Morgan fingerprint density at radius 3 is 2.41 bits per heavy atom. The second kappa shape index (κ2) is 11.2. The van der Waals surface area contributed by atoms with Crippen molar-refractivity contribution >= 4 is 23.6 Å². The molecule has 0 unspecified atom stereocenters. The number of hydrogen-bond donors (Lipinski definition) is 2. The predicted molar refractivity (Wildman–Crippen MR) is 132 cm³/mol. The lowest BCUT2D eigenvalue weighted by Crippen LogP contribution is -2.56. The fourth-order valence-electron chi connectivity index (χ4n) is 4.24. The van der Waals surface area contributed by atoms with E-state index in [0.29, 0.717) is 5.56 Å². The van der Waals surface area contributed by atoms with Gasteiger partial charge in [-0.3, -0.25) is 9.59 Å². The summed E-state index contributed by atoms with van der Waals surface area (Å²) in [6.45, 7) is 8.33. The molecule has 0 spiro atoms. The van der Waals surface area contributed by atoms with E-state index < -0.39 is 59.1 Å². The molecule has 0 bridgehead atoms. The summed E-state index contributed by atoms with van der Waals surface area (Å²) in [7, 11) is 0.